The molecule has 0 aliphatic carbocycles. The van der Waals surface area contributed by atoms with Crippen LogP contribution in [0.5, 0.6) is 17.2 Å². The molecule has 47 heavy (non-hydrogen) atoms. The average molecular weight is 651 g/mol. The van der Waals surface area contributed by atoms with Crippen LogP contribution in [0.25, 0.3) is 10.9 Å². The monoisotopic (exact) mass is 650 g/mol. The molecule has 246 valence electrons. The molecular weight excluding hydrogens is 617 g/mol. The summed E-state index contributed by atoms with van der Waals surface area (Å²) in [5.41, 5.74) is 0.544. The third kappa shape index (κ3) is 7.27. The van der Waals surface area contributed by atoms with Gasteiger partial charge in [-0.05, 0) is 54.3 Å². The Bertz CT molecular complexity index is 1900. The van der Waals surface area contributed by atoms with Crippen molar-refractivity contribution in [3.63, 3.8) is 0 Å². The van der Waals surface area contributed by atoms with E-state index in [1.54, 1.807) is 47.4 Å². The van der Waals surface area contributed by atoms with Crippen LogP contribution < -0.4 is 25.5 Å². The molecule has 4 aromatic rings. The molecule has 1 aliphatic heterocycles. The van der Waals surface area contributed by atoms with Crippen LogP contribution in [0.3, 0.4) is 0 Å². The first-order valence-electron chi connectivity index (χ1n) is 15.0. The summed E-state index contributed by atoms with van der Waals surface area (Å²) < 4.78 is 60.9. The van der Waals surface area contributed by atoms with E-state index >= 15 is 4.39 Å². The number of amides is 1. The van der Waals surface area contributed by atoms with Crippen molar-refractivity contribution in [2.75, 3.05) is 33.5 Å². The number of aromatic nitrogens is 2. The second-order valence-corrected chi connectivity index (χ2v) is 11.2. The minimum absolute atomic E-state index is 0.0361. The Morgan fingerprint density at radius 2 is 1.72 bits per heavy atom. The van der Waals surface area contributed by atoms with Crippen molar-refractivity contribution in [3.05, 3.63) is 97.9 Å². The van der Waals surface area contributed by atoms with Gasteiger partial charge in [0.2, 0.25) is 6.41 Å². The van der Waals surface area contributed by atoms with Gasteiger partial charge < -0.3 is 19.1 Å². The van der Waals surface area contributed by atoms with E-state index in [4.69, 9.17) is 19.5 Å². The molecular formula is C34H33F3N4O6. The summed E-state index contributed by atoms with van der Waals surface area (Å²) in [7, 11) is 1.46. The van der Waals surface area contributed by atoms with Gasteiger partial charge >= 0.3 is 5.69 Å². The summed E-state index contributed by atoms with van der Waals surface area (Å²) in [5.74, 6) is -0.580. The molecule has 1 unspecified atom stereocenters. The fourth-order valence-corrected chi connectivity index (χ4v) is 5.63. The maximum absolute atomic E-state index is 15.3. The lowest BCUT2D eigenvalue weighted by atomic mass is 10.0. The van der Waals surface area contributed by atoms with Gasteiger partial charge in [0, 0.05) is 31.6 Å². The molecule has 1 fully saturated rings. The predicted molar refractivity (Wildman–Crippen MR) is 167 cm³/mol. The molecule has 0 bridgehead atoms. The van der Waals surface area contributed by atoms with E-state index in [2.05, 4.69) is 6.07 Å². The highest BCUT2D eigenvalue weighted by Crippen LogP contribution is 2.31. The maximum Gasteiger partial charge on any atom is 0.332 e. The molecule has 1 aliphatic rings. The van der Waals surface area contributed by atoms with Crippen LogP contribution in [-0.2, 0) is 17.9 Å². The van der Waals surface area contributed by atoms with Crippen molar-refractivity contribution in [2.45, 2.75) is 44.6 Å². The highest BCUT2D eigenvalue weighted by molar-refractivity contribution is 5.80. The molecule has 0 N–H and O–H groups in total. The number of carbonyl (C=O) groups is 1. The van der Waals surface area contributed by atoms with Crippen LogP contribution in [0.15, 0.2) is 64.2 Å². The smallest absolute Gasteiger partial charge is 0.332 e. The van der Waals surface area contributed by atoms with E-state index < -0.39 is 48.3 Å². The van der Waals surface area contributed by atoms with E-state index in [0.29, 0.717) is 48.6 Å². The zero-order valence-electron chi connectivity index (χ0n) is 25.7. The maximum atomic E-state index is 15.3. The zero-order chi connectivity index (χ0) is 33.5. The molecule has 0 saturated carbocycles. The number of alkyl halides is 2. The van der Waals surface area contributed by atoms with E-state index in [1.807, 2.05) is 0 Å². The second-order valence-electron chi connectivity index (χ2n) is 11.2. The van der Waals surface area contributed by atoms with E-state index in [0.717, 1.165) is 28.7 Å². The number of methoxy groups -OCH3 is 1. The molecule has 1 aromatic heterocycles. The fraction of sp³-hybridized carbons (Fsp3) is 0.353. The first-order valence-corrected chi connectivity index (χ1v) is 15.0. The highest BCUT2D eigenvalue weighted by Gasteiger charge is 2.26. The molecule has 2 heterocycles. The van der Waals surface area contributed by atoms with Crippen molar-refractivity contribution < 1.29 is 32.2 Å². The minimum Gasteiger partial charge on any atom is -0.493 e. The molecule has 13 heteroatoms. The summed E-state index contributed by atoms with van der Waals surface area (Å²) in [6, 6.07) is 15.7. The number of nitriles is 1. The fourth-order valence-electron chi connectivity index (χ4n) is 5.63. The first kappa shape index (κ1) is 33.1. The molecule has 1 atom stereocenters. The minimum atomic E-state index is -1.25. The van der Waals surface area contributed by atoms with Crippen LogP contribution in [-0.4, -0.2) is 60.1 Å². The molecule has 1 saturated heterocycles. The number of hydrogen-bond donors (Lipinski definition) is 0. The van der Waals surface area contributed by atoms with Gasteiger partial charge in [0.15, 0.2) is 23.1 Å². The predicted octanol–water partition coefficient (Wildman–Crippen LogP) is 4.68. The van der Waals surface area contributed by atoms with Gasteiger partial charge in [-0.2, -0.15) is 5.26 Å². The Morgan fingerprint density at radius 1 is 1.00 bits per heavy atom. The molecule has 0 spiro atoms. The van der Waals surface area contributed by atoms with Gasteiger partial charge in [-0.3, -0.25) is 23.1 Å². The SMILES string of the molecule is COc1cc(Cn2c(=O)c3cc(OC(CF)CCF)c(F)cc3n(C3CCN(C=O)CC3)c2=O)ccc1OCc1ccc(C#N)cc1. The largest absolute Gasteiger partial charge is 0.493 e. The highest BCUT2D eigenvalue weighted by atomic mass is 19.1. The Kier molecular flexibility index (Phi) is 10.5. The Morgan fingerprint density at radius 3 is 2.36 bits per heavy atom. The van der Waals surface area contributed by atoms with Gasteiger partial charge in [-0.25, -0.2) is 13.6 Å². The Hall–Kier alpha value is -5.25. The number of benzene rings is 3. The summed E-state index contributed by atoms with van der Waals surface area (Å²) in [6.07, 6.45) is -0.0398. The normalized spacial score (nSPS) is 14.1. The number of likely N-dealkylation sites (tertiary alicyclic amines) is 1. The van der Waals surface area contributed by atoms with Crippen LogP contribution in [0.4, 0.5) is 13.2 Å². The summed E-state index contributed by atoms with van der Waals surface area (Å²) in [5, 5.41) is 8.97. The lowest BCUT2D eigenvalue weighted by Gasteiger charge is -2.31. The van der Waals surface area contributed by atoms with E-state index in [1.165, 1.54) is 11.7 Å². The van der Waals surface area contributed by atoms with Crippen molar-refractivity contribution in [3.8, 4) is 23.3 Å². The quantitative estimate of drug-likeness (QED) is 0.193. The third-order valence-electron chi connectivity index (χ3n) is 8.18. The van der Waals surface area contributed by atoms with E-state index in [9.17, 15) is 23.2 Å². The second kappa shape index (κ2) is 14.9. The lowest BCUT2D eigenvalue weighted by molar-refractivity contribution is -0.119. The van der Waals surface area contributed by atoms with Crippen molar-refractivity contribution in [1.82, 2.24) is 14.0 Å². The number of hydrogen-bond acceptors (Lipinski definition) is 7. The van der Waals surface area contributed by atoms with Gasteiger partial charge in [-0.1, -0.05) is 18.2 Å². The molecule has 5 rings (SSSR count). The van der Waals surface area contributed by atoms with Crippen LogP contribution in [0.1, 0.15) is 42.0 Å². The zero-order valence-corrected chi connectivity index (χ0v) is 25.7. The van der Waals surface area contributed by atoms with Gasteiger partial charge in [0.05, 0.1) is 42.9 Å². The molecule has 1 amide bonds. The van der Waals surface area contributed by atoms with Crippen molar-refractivity contribution >= 4 is 17.3 Å². The Balaban J connectivity index is 1.53. The summed E-state index contributed by atoms with van der Waals surface area (Å²) in [4.78, 5) is 40.8. The number of nitrogens with zero attached hydrogens (tertiary/aromatic N) is 4. The number of fused-ring (bicyclic) bond motifs is 1. The molecule has 10 nitrogen and oxygen atoms in total. The third-order valence-corrected chi connectivity index (χ3v) is 8.18. The number of rotatable bonds is 13. The van der Waals surface area contributed by atoms with Gasteiger partial charge in [-0.15, -0.1) is 0 Å². The standard InChI is InChI=1S/C34H33F3N4O6/c1-45-32-14-24(6-7-30(32)46-20-23-4-2-22(18-38)3-5-23)19-40-33(43)27-15-31(47-26(17-36)8-11-35)28(37)16-29(27)41(34(40)44)25-9-12-39(21-42)13-10-25/h2-7,14-16,21,25-26H,8-13,17,19-20H2,1H3. The summed E-state index contributed by atoms with van der Waals surface area (Å²) in [6.45, 7) is -1.17. The van der Waals surface area contributed by atoms with Gasteiger partial charge in [0.25, 0.3) is 5.56 Å². The lowest BCUT2D eigenvalue weighted by Crippen LogP contribution is -2.44. The topological polar surface area (TPSA) is 116 Å². The Labute approximate surface area is 268 Å². The van der Waals surface area contributed by atoms with Gasteiger partial charge in [0.1, 0.15) is 19.4 Å². The van der Waals surface area contributed by atoms with Crippen molar-refractivity contribution in [2.24, 2.45) is 0 Å². The number of piperidine rings is 1. The molecule has 0 radical (unpaired) electrons. The van der Waals surface area contributed by atoms with Crippen LogP contribution >= 0.6 is 0 Å². The average Bonchev–Trinajstić information content (AvgIpc) is 3.10. The van der Waals surface area contributed by atoms with Crippen LogP contribution in [0, 0.1) is 17.1 Å². The van der Waals surface area contributed by atoms with Crippen LogP contribution in [0.2, 0.25) is 0 Å². The summed E-state index contributed by atoms with van der Waals surface area (Å²) >= 11 is 0. The number of halogens is 3. The van der Waals surface area contributed by atoms with Crippen molar-refractivity contribution in [1.29, 1.82) is 5.26 Å². The number of carbonyl (C=O) groups excluding carboxylic acids is 1. The first-order chi connectivity index (χ1) is 22.8. The number of ether oxygens (including phenoxy) is 3. The van der Waals surface area contributed by atoms with E-state index in [-0.39, 0.29) is 30.5 Å². The molecule has 3 aromatic carbocycles.